The summed E-state index contributed by atoms with van der Waals surface area (Å²) in [7, 11) is 1.67. The number of imide groups is 1. The van der Waals surface area contributed by atoms with Crippen molar-refractivity contribution in [2.24, 2.45) is 7.05 Å². The van der Waals surface area contributed by atoms with Crippen molar-refractivity contribution in [3.63, 3.8) is 0 Å². The number of carbonyl (C=O) groups is 3. The highest BCUT2D eigenvalue weighted by Crippen LogP contribution is 2.25. The minimum Gasteiger partial charge on any atom is -0.450 e. The number of alkyl carbamates (subject to hydrolysis) is 1. The monoisotopic (exact) mass is 418 g/mol. The lowest BCUT2D eigenvalue weighted by Gasteiger charge is -2.02. The average molecular weight is 418 g/mol. The van der Waals surface area contributed by atoms with Gasteiger partial charge in [-0.15, -0.1) is 15.3 Å². The minimum absolute atomic E-state index is 0.0313. The molecule has 0 aliphatic heterocycles. The third-order valence-electron chi connectivity index (χ3n) is 2.41. The highest BCUT2D eigenvalue weighted by molar-refractivity contribution is 8.01. The predicted molar refractivity (Wildman–Crippen MR) is 93.9 cm³/mol. The van der Waals surface area contributed by atoms with Gasteiger partial charge in [0, 0.05) is 7.05 Å². The summed E-state index contributed by atoms with van der Waals surface area (Å²) in [4.78, 5) is 34.5. The van der Waals surface area contributed by atoms with Crippen molar-refractivity contribution in [3.05, 3.63) is 0 Å². The van der Waals surface area contributed by atoms with E-state index in [4.69, 9.17) is 0 Å². The summed E-state index contributed by atoms with van der Waals surface area (Å²) in [5.41, 5.74) is 0. The standard InChI is InChI=1S/C11H14N8O4S3/c1-3-23-10(22)13-7(21)5-25-11-16-14-8(26-11)12-6(20)4-24-9-15-17-18-19(9)2/h3-5H2,1-2H3,(H,12,14,20)(H,13,21,22). The molecule has 140 valence electrons. The molecule has 2 aromatic heterocycles. The third-order valence-corrected chi connectivity index (χ3v) is 5.39. The van der Waals surface area contributed by atoms with E-state index in [2.05, 4.69) is 41.1 Å². The molecule has 2 heterocycles. The molecule has 0 aliphatic carbocycles. The Bertz CT molecular complexity index is 779. The van der Waals surface area contributed by atoms with Crippen LogP contribution in [-0.4, -0.2) is 66.4 Å². The summed E-state index contributed by atoms with van der Waals surface area (Å²) >= 11 is 3.39. The zero-order valence-corrected chi connectivity index (χ0v) is 16.1. The van der Waals surface area contributed by atoms with Crippen molar-refractivity contribution in [1.29, 1.82) is 0 Å². The number of aromatic nitrogens is 6. The molecule has 0 saturated heterocycles. The first-order valence-electron chi connectivity index (χ1n) is 7.05. The molecule has 26 heavy (non-hydrogen) atoms. The maximum atomic E-state index is 11.9. The lowest BCUT2D eigenvalue weighted by atomic mass is 10.7. The molecule has 0 aliphatic rings. The number of amides is 3. The molecule has 2 N–H and O–H groups in total. The maximum absolute atomic E-state index is 11.9. The Morgan fingerprint density at radius 2 is 1.92 bits per heavy atom. The second kappa shape index (κ2) is 10.0. The molecule has 0 spiro atoms. The molecule has 12 nitrogen and oxygen atoms in total. The van der Waals surface area contributed by atoms with Crippen LogP contribution >= 0.6 is 34.9 Å². The van der Waals surface area contributed by atoms with Crippen LogP contribution in [-0.2, 0) is 21.4 Å². The summed E-state index contributed by atoms with van der Waals surface area (Å²) < 4.78 is 6.53. The molecular weight excluding hydrogens is 404 g/mol. The molecule has 0 atom stereocenters. The first-order chi connectivity index (χ1) is 12.5. The number of nitrogens with zero attached hydrogens (tertiary/aromatic N) is 6. The van der Waals surface area contributed by atoms with Gasteiger partial charge in [-0.2, -0.15) is 0 Å². The molecule has 0 aromatic carbocycles. The van der Waals surface area contributed by atoms with Gasteiger partial charge in [-0.3, -0.25) is 20.2 Å². The number of hydrogen-bond donors (Lipinski definition) is 2. The van der Waals surface area contributed by atoms with Gasteiger partial charge in [0.2, 0.25) is 22.1 Å². The van der Waals surface area contributed by atoms with Gasteiger partial charge in [0.1, 0.15) is 0 Å². The van der Waals surface area contributed by atoms with E-state index in [1.165, 1.54) is 16.4 Å². The second-order valence-corrected chi connectivity index (χ2v) is 7.49. The molecule has 3 amide bonds. The fourth-order valence-corrected chi connectivity index (χ4v) is 3.61. The van der Waals surface area contributed by atoms with Crippen LogP contribution in [0.2, 0.25) is 0 Å². The highest BCUT2D eigenvalue weighted by Gasteiger charge is 2.13. The number of thioether (sulfide) groups is 2. The number of ether oxygens (including phenoxy) is 1. The van der Waals surface area contributed by atoms with Gasteiger partial charge in [-0.05, 0) is 17.4 Å². The van der Waals surface area contributed by atoms with Gasteiger partial charge >= 0.3 is 6.09 Å². The largest absolute Gasteiger partial charge is 0.450 e. The first kappa shape index (κ1) is 20.1. The van der Waals surface area contributed by atoms with E-state index in [9.17, 15) is 14.4 Å². The number of nitrogens with one attached hydrogen (secondary N) is 2. The molecule has 2 rings (SSSR count). The SMILES string of the molecule is CCOC(=O)NC(=O)CSc1nnc(NC(=O)CSc2nnnn2C)s1. The van der Waals surface area contributed by atoms with Crippen molar-refractivity contribution in [3.8, 4) is 0 Å². The Labute approximate surface area is 159 Å². The predicted octanol–water partition coefficient (Wildman–Crippen LogP) is 0.157. The summed E-state index contributed by atoms with van der Waals surface area (Å²) in [5.74, 6) is -0.720. The maximum Gasteiger partial charge on any atom is 0.413 e. The van der Waals surface area contributed by atoms with Crippen LogP contribution in [0.5, 0.6) is 0 Å². The van der Waals surface area contributed by atoms with Crippen LogP contribution in [0.15, 0.2) is 9.50 Å². The normalized spacial score (nSPS) is 10.4. The molecule has 2 aromatic rings. The van der Waals surface area contributed by atoms with Crippen molar-refractivity contribution < 1.29 is 19.1 Å². The van der Waals surface area contributed by atoms with Gasteiger partial charge in [0.25, 0.3) is 0 Å². The summed E-state index contributed by atoms with van der Waals surface area (Å²) in [6.45, 7) is 1.82. The molecule has 0 bridgehead atoms. The second-order valence-electron chi connectivity index (χ2n) is 4.35. The first-order valence-corrected chi connectivity index (χ1v) is 9.84. The molecule has 0 radical (unpaired) electrons. The van der Waals surface area contributed by atoms with E-state index in [0.29, 0.717) is 14.6 Å². The quantitative estimate of drug-likeness (QED) is 0.445. The Morgan fingerprint density at radius 3 is 2.62 bits per heavy atom. The number of aryl methyl sites for hydroxylation is 1. The average Bonchev–Trinajstić information content (AvgIpc) is 3.20. The van der Waals surface area contributed by atoms with Crippen molar-refractivity contribution >= 4 is 57.9 Å². The lowest BCUT2D eigenvalue weighted by Crippen LogP contribution is -2.32. The zero-order valence-electron chi connectivity index (χ0n) is 13.7. The van der Waals surface area contributed by atoms with E-state index in [-0.39, 0.29) is 24.0 Å². The van der Waals surface area contributed by atoms with Crippen LogP contribution < -0.4 is 10.6 Å². The number of rotatable bonds is 8. The zero-order chi connectivity index (χ0) is 18.9. The Morgan fingerprint density at radius 1 is 1.15 bits per heavy atom. The Balaban J connectivity index is 1.73. The van der Waals surface area contributed by atoms with Crippen LogP contribution in [0.1, 0.15) is 6.92 Å². The van der Waals surface area contributed by atoms with Crippen LogP contribution in [0, 0.1) is 0 Å². The molecule has 0 unspecified atom stereocenters. The van der Waals surface area contributed by atoms with E-state index in [0.717, 1.165) is 23.1 Å². The van der Waals surface area contributed by atoms with Crippen molar-refractivity contribution in [2.75, 3.05) is 23.4 Å². The van der Waals surface area contributed by atoms with E-state index in [1.54, 1.807) is 14.0 Å². The topological polar surface area (TPSA) is 154 Å². The number of anilines is 1. The number of carbonyl (C=O) groups excluding carboxylic acids is 3. The summed E-state index contributed by atoms with van der Waals surface area (Å²) in [6.07, 6.45) is -0.793. The van der Waals surface area contributed by atoms with Crippen LogP contribution in [0.3, 0.4) is 0 Å². The van der Waals surface area contributed by atoms with E-state index < -0.39 is 12.0 Å². The highest BCUT2D eigenvalue weighted by atomic mass is 32.2. The van der Waals surface area contributed by atoms with E-state index in [1.807, 2.05) is 0 Å². The summed E-state index contributed by atoms with van der Waals surface area (Å²) in [5, 5.41) is 24.1. The Hall–Kier alpha value is -2.26. The van der Waals surface area contributed by atoms with Gasteiger partial charge in [0.05, 0.1) is 18.1 Å². The van der Waals surface area contributed by atoms with Gasteiger partial charge in [-0.25, -0.2) is 9.48 Å². The molecule has 15 heteroatoms. The lowest BCUT2D eigenvalue weighted by molar-refractivity contribution is -0.118. The van der Waals surface area contributed by atoms with Crippen molar-refractivity contribution in [2.45, 2.75) is 16.4 Å². The smallest absolute Gasteiger partial charge is 0.413 e. The molecular formula is C11H14N8O4S3. The van der Waals surface area contributed by atoms with Gasteiger partial charge < -0.3 is 4.74 Å². The minimum atomic E-state index is -0.793. The van der Waals surface area contributed by atoms with Crippen molar-refractivity contribution in [1.82, 2.24) is 35.7 Å². The molecule has 0 saturated carbocycles. The Kier molecular flexibility index (Phi) is 7.73. The third kappa shape index (κ3) is 6.57. The fourth-order valence-electron chi connectivity index (χ4n) is 1.39. The van der Waals surface area contributed by atoms with Gasteiger partial charge in [-0.1, -0.05) is 34.9 Å². The fraction of sp³-hybridized carbons (Fsp3) is 0.455. The van der Waals surface area contributed by atoms with Crippen LogP contribution in [0.4, 0.5) is 9.93 Å². The van der Waals surface area contributed by atoms with Crippen LogP contribution in [0.25, 0.3) is 0 Å². The summed E-state index contributed by atoms with van der Waals surface area (Å²) in [6, 6.07) is 0. The number of hydrogen-bond acceptors (Lipinski definition) is 12. The van der Waals surface area contributed by atoms with Gasteiger partial charge in [0.15, 0.2) is 4.34 Å². The number of tetrazole rings is 1. The van der Waals surface area contributed by atoms with E-state index >= 15 is 0 Å². The molecule has 0 fully saturated rings.